The molecule has 0 aliphatic carbocycles. The lowest BCUT2D eigenvalue weighted by atomic mass is 10.0. The molecule has 0 aromatic heterocycles. The Hall–Kier alpha value is -1.97. The molecule has 32 heavy (non-hydrogen) atoms. The van der Waals surface area contributed by atoms with Gasteiger partial charge in [0.1, 0.15) is 6.04 Å². The molecule has 1 fully saturated rings. The van der Waals surface area contributed by atoms with Gasteiger partial charge in [-0.25, -0.2) is 8.42 Å². The molecule has 8 nitrogen and oxygen atoms in total. The first-order valence-corrected chi connectivity index (χ1v) is 12.9. The Morgan fingerprint density at radius 2 is 1.84 bits per heavy atom. The van der Waals surface area contributed by atoms with E-state index in [2.05, 4.69) is 5.32 Å². The van der Waals surface area contributed by atoms with Gasteiger partial charge in [0, 0.05) is 44.3 Å². The largest absolute Gasteiger partial charge is 0.381 e. The number of carbonyl (C=O) groups is 2. The van der Waals surface area contributed by atoms with E-state index in [1.807, 2.05) is 20.8 Å². The molecule has 0 spiro atoms. The molecule has 2 amide bonds. The molecule has 1 saturated heterocycles. The molecule has 0 saturated carbocycles. The molecular formula is C23H37N3O5S. The molecule has 1 aromatic carbocycles. The Kier molecular flexibility index (Phi) is 9.66. The summed E-state index contributed by atoms with van der Waals surface area (Å²) in [5.74, 6) is -0.407. The molecule has 1 N–H and O–H groups in total. The predicted molar refractivity (Wildman–Crippen MR) is 124 cm³/mol. The number of carbonyl (C=O) groups excluding carboxylic acids is 2. The Labute approximate surface area is 192 Å². The fraction of sp³-hybridized carbons (Fsp3) is 0.652. The summed E-state index contributed by atoms with van der Waals surface area (Å²) in [7, 11) is -3.68. The van der Waals surface area contributed by atoms with Crippen molar-refractivity contribution in [3.8, 4) is 0 Å². The topological polar surface area (TPSA) is 96.0 Å². The number of hydrogen-bond acceptors (Lipinski definition) is 5. The second-order valence-electron chi connectivity index (χ2n) is 8.42. The van der Waals surface area contributed by atoms with E-state index >= 15 is 0 Å². The Bertz CT molecular complexity index is 877. The molecule has 1 aliphatic rings. The van der Waals surface area contributed by atoms with Gasteiger partial charge in [-0.1, -0.05) is 33.8 Å². The first-order chi connectivity index (χ1) is 15.1. The Morgan fingerprint density at radius 3 is 2.38 bits per heavy atom. The van der Waals surface area contributed by atoms with Crippen molar-refractivity contribution in [1.29, 1.82) is 0 Å². The predicted octanol–water partition coefficient (Wildman–Crippen LogP) is 2.36. The molecule has 0 bridgehead atoms. The molecule has 2 rings (SSSR count). The summed E-state index contributed by atoms with van der Waals surface area (Å²) in [4.78, 5) is 28.1. The van der Waals surface area contributed by atoms with Crippen LogP contribution in [0.1, 0.15) is 51.4 Å². The van der Waals surface area contributed by atoms with Crippen molar-refractivity contribution < 1.29 is 22.7 Å². The van der Waals surface area contributed by atoms with Gasteiger partial charge in [-0.3, -0.25) is 9.59 Å². The zero-order chi connectivity index (χ0) is 23.9. The molecule has 1 aliphatic heterocycles. The monoisotopic (exact) mass is 467 g/mol. The first kappa shape index (κ1) is 26.3. The highest BCUT2D eigenvalue weighted by Crippen LogP contribution is 2.19. The van der Waals surface area contributed by atoms with Crippen LogP contribution >= 0.6 is 0 Å². The van der Waals surface area contributed by atoms with Crippen LogP contribution in [0.25, 0.3) is 0 Å². The van der Waals surface area contributed by atoms with Gasteiger partial charge in [-0.05, 0) is 37.5 Å². The van der Waals surface area contributed by atoms with E-state index in [9.17, 15) is 18.0 Å². The Balaban J connectivity index is 2.20. The number of hydrogen-bond donors (Lipinski definition) is 1. The molecule has 9 heteroatoms. The van der Waals surface area contributed by atoms with Gasteiger partial charge < -0.3 is 15.0 Å². The summed E-state index contributed by atoms with van der Waals surface area (Å²) in [5.41, 5.74) is 0.212. The fourth-order valence-corrected chi connectivity index (χ4v) is 5.36. The third-order valence-corrected chi connectivity index (χ3v) is 7.90. The van der Waals surface area contributed by atoms with E-state index in [0.29, 0.717) is 45.3 Å². The minimum absolute atomic E-state index is 0.0673. The van der Waals surface area contributed by atoms with Crippen LogP contribution in [0.2, 0.25) is 0 Å². The molecule has 1 heterocycles. The normalized spacial score (nSPS) is 17.5. The van der Waals surface area contributed by atoms with Gasteiger partial charge in [0.25, 0.3) is 5.91 Å². The van der Waals surface area contributed by atoms with Crippen molar-refractivity contribution in [3.05, 3.63) is 29.8 Å². The molecule has 1 aromatic rings. The van der Waals surface area contributed by atoms with Crippen LogP contribution in [-0.4, -0.2) is 74.9 Å². The van der Waals surface area contributed by atoms with E-state index in [0.717, 1.165) is 6.42 Å². The standard InChI is InChI=1S/C23H37N3O5S/c1-6-25(15-18-12-13-31-16-18)23(28)21(17(4)5)24-22(27)19-10-9-11-20(14-19)32(29,30)26(7-2)8-3/h9-11,14,17-18,21H,6-8,12-13,15-16H2,1-5H3,(H,24,27). The maximum absolute atomic E-state index is 13.2. The number of ether oxygens (including phenoxy) is 1. The van der Waals surface area contributed by atoms with Gasteiger partial charge in [-0.2, -0.15) is 4.31 Å². The van der Waals surface area contributed by atoms with Crippen LogP contribution in [0.5, 0.6) is 0 Å². The van der Waals surface area contributed by atoms with Crippen molar-refractivity contribution in [2.24, 2.45) is 11.8 Å². The van der Waals surface area contributed by atoms with E-state index in [1.165, 1.54) is 16.4 Å². The lowest BCUT2D eigenvalue weighted by Crippen LogP contribution is -2.52. The summed E-state index contributed by atoms with van der Waals surface area (Å²) < 4.78 is 32.4. The van der Waals surface area contributed by atoms with E-state index < -0.39 is 22.0 Å². The highest BCUT2D eigenvalue weighted by molar-refractivity contribution is 7.89. The van der Waals surface area contributed by atoms with Crippen molar-refractivity contribution in [2.45, 2.75) is 52.0 Å². The second-order valence-corrected chi connectivity index (χ2v) is 10.4. The minimum atomic E-state index is -3.68. The van der Waals surface area contributed by atoms with Gasteiger partial charge in [0.2, 0.25) is 15.9 Å². The average Bonchev–Trinajstić information content (AvgIpc) is 3.29. The number of sulfonamides is 1. The summed E-state index contributed by atoms with van der Waals surface area (Å²) in [6, 6.07) is 5.27. The maximum atomic E-state index is 13.2. The molecule has 2 unspecified atom stereocenters. The SMILES string of the molecule is CCN(CC1CCOC1)C(=O)C(NC(=O)c1cccc(S(=O)(=O)N(CC)CC)c1)C(C)C. The number of amides is 2. The molecule has 0 radical (unpaired) electrons. The van der Waals surface area contributed by atoms with Crippen LogP contribution in [0.3, 0.4) is 0 Å². The number of rotatable bonds is 11. The number of nitrogens with zero attached hydrogens (tertiary/aromatic N) is 2. The number of likely N-dealkylation sites (N-methyl/N-ethyl adjacent to an activating group) is 1. The quantitative estimate of drug-likeness (QED) is 0.539. The molecular weight excluding hydrogens is 430 g/mol. The molecule has 2 atom stereocenters. The molecule has 180 valence electrons. The Morgan fingerprint density at radius 1 is 1.16 bits per heavy atom. The number of nitrogens with one attached hydrogen (secondary N) is 1. The average molecular weight is 468 g/mol. The van der Waals surface area contributed by atoms with Gasteiger partial charge in [0.05, 0.1) is 11.5 Å². The van der Waals surface area contributed by atoms with Crippen molar-refractivity contribution in [1.82, 2.24) is 14.5 Å². The summed E-state index contributed by atoms with van der Waals surface area (Å²) in [6.07, 6.45) is 0.927. The number of benzene rings is 1. The smallest absolute Gasteiger partial charge is 0.251 e. The van der Waals surface area contributed by atoms with E-state index in [4.69, 9.17) is 4.74 Å². The van der Waals surface area contributed by atoms with Crippen LogP contribution in [0.15, 0.2) is 29.2 Å². The highest BCUT2D eigenvalue weighted by atomic mass is 32.2. The van der Waals surface area contributed by atoms with Gasteiger partial charge in [-0.15, -0.1) is 0 Å². The van der Waals surface area contributed by atoms with Gasteiger partial charge in [0.15, 0.2) is 0 Å². The lowest BCUT2D eigenvalue weighted by Gasteiger charge is -2.30. The van der Waals surface area contributed by atoms with Crippen molar-refractivity contribution in [3.63, 3.8) is 0 Å². The second kappa shape index (κ2) is 11.8. The summed E-state index contributed by atoms with van der Waals surface area (Å²) >= 11 is 0. The first-order valence-electron chi connectivity index (χ1n) is 11.4. The maximum Gasteiger partial charge on any atom is 0.251 e. The summed E-state index contributed by atoms with van der Waals surface area (Å²) in [6.45, 7) is 12.4. The zero-order valence-corrected chi connectivity index (χ0v) is 20.7. The van der Waals surface area contributed by atoms with E-state index in [-0.39, 0.29) is 22.3 Å². The lowest BCUT2D eigenvalue weighted by molar-refractivity contribution is -0.134. The van der Waals surface area contributed by atoms with Crippen LogP contribution < -0.4 is 5.32 Å². The third kappa shape index (κ3) is 6.30. The van der Waals surface area contributed by atoms with Crippen LogP contribution in [-0.2, 0) is 19.6 Å². The van der Waals surface area contributed by atoms with Gasteiger partial charge >= 0.3 is 0 Å². The minimum Gasteiger partial charge on any atom is -0.381 e. The summed E-state index contributed by atoms with van der Waals surface area (Å²) in [5, 5.41) is 2.84. The zero-order valence-electron chi connectivity index (χ0n) is 19.8. The fourth-order valence-electron chi connectivity index (χ4n) is 3.86. The van der Waals surface area contributed by atoms with Crippen molar-refractivity contribution >= 4 is 21.8 Å². The van der Waals surface area contributed by atoms with E-state index in [1.54, 1.807) is 30.9 Å². The van der Waals surface area contributed by atoms with Crippen molar-refractivity contribution in [2.75, 3.05) is 39.4 Å². The van der Waals surface area contributed by atoms with Crippen LogP contribution in [0.4, 0.5) is 0 Å². The van der Waals surface area contributed by atoms with Crippen LogP contribution in [0, 0.1) is 11.8 Å². The highest BCUT2D eigenvalue weighted by Gasteiger charge is 2.31. The third-order valence-electron chi connectivity index (χ3n) is 5.85.